The van der Waals surface area contributed by atoms with E-state index < -0.39 is 5.82 Å². The van der Waals surface area contributed by atoms with Crippen LogP contribution in [0.2, 0.25) is 0 Å². The highest BCUT2D eigenvalue weighted by Crippen LogP contribution is 2.18. The lowest BCUT2D eigenvalue weighted by Gasteiger charge is -2.08. The van der Waals surface area contributed by atoms with Crippen LogP contribution in [0.4, 0.5) is 10.1 Å². The third-order valence-corrected chi connectivity index (χ3v) is 2.49. The fraction of sp³-hybridized carbons (Fsp3) is 0.143. The van der Waals surface area contributed by atoms with Crippen molar-refractivity contribution in [3.8, 4) is 5.75 Å². The lowest BCUT2D eigenvalue weighted by atomic mass is 10.2. The second-order valence-electron chi connectivity index (χ2n) is 3.93. The van der Waals surface area contributed by atoms with Crippen LogP contribution in [0.3, 0.4) is 0 Å². The summed E-state index contributed by atoms with van der Waals surface area (Å²) in [6.45, 7) is 2.16. The van der Waals surface area contributed by atoms with Crippen LogP contribution in [0.15, 0.2) is 42.5 Å². The molecule has 0 saturated carbocycles. The zero-order valence-corrected chi connectivity index (χ0v) is 9.61. The molecule has 0 bridgehead atoms. The molecule has 0 aliphatic rings. The first-order chi connectivity index (χ1) is 8.16. The van der Waals surface area contributed by atoms with Gasteiger partial charge in [0, 0.05) is 5.56 Å². The predicted octanol–water partition coefficient (Wildman–Crippen LogP) is 3.30. The Hall–Kier alpha value is -2.03. The minimum Gasteiger partial charge on any atom is -0.489 e. The number of aryl methyl sites for hydroxylation is 1. The standard InChI is InChI=1S/C14H14FNO/c1-10-4-2-6-12(8-10)17-9-11-5-3-7-13(16)14(11)15/h2-8H,9,16H2,1H3. The summed E-state index contributed by atoms with van der Waals surface area (Å²) in [6.07, 6.45) is 0. The Morgan fingerprint density at radius 1 is 1.18 bits per heavy atom. The molecule has 3 heteroatoms. The number of nitrogen functional groups attached to an aromatic ring is 1. The SMILES string of the molecule is Cc1cccc(OCc2cccc(N)c2F)c1. The normalized spacial score (nSPS) is 10.2. The van der Waals surface area contributed by atoms with Crippen LogP contribution in [0.1, 0.15) is 11.1 Å². The van der Waals surface area contributed by atoms with Gasteiger partial charge in [0.15, 0.2) is 5.82 Å². The van der Waals surface area contributed by atoms with Gasteiger partial charge in [-0.1, -0.05) is 24.3 Å². The lowest BCUT2D eigenvalue weighted by molar-refractivity contribution is 0.300. The molecule has 2 rings (SSSR count). The molecule has 17 heavy (non-hydrogen) atoms. The second-order valence-corrected chi connectivity index (χ2v) is 3.93. The summed E-state index contributed by atoms with van der Waals surface area (Å²) in [5.74, 6) is 0.326. The van der Waals surface area contributed by atoms with Crippen molar-refractivity contribution >= 4 is 5.69 Å². The van der Waals surface area contributed by atoms with Gasteiger partial charge in [-0.05, 0) is 30.7 Å². The third kappa shape index (κ3) is 2.75. The molecule has 2 nitrogen and oxygen atoms in total. The van der Waals surface area contributed by atoms with Crippen molar-refractivity contribution in [3.05, 3.63) is 59.4 Å². The molecule has 2 N–H and O–H groups in total. The van der Waals surface area contributed by atoms with Crippen molar-refractivity contribution in [3.63, 3.8) is 0 Å². The van der Waals surface area contributed by atoms with E-state index in [1.54, 1.807) is 12.1 Å². The maximum absolute atomic E-state index is 13.6. The van der Waals surface area contributed by atoms with Crippen molar-refractivity contribution in [2.75, 3.05) is 5.73 Å². The Morgan fingerprint density at radius 3 is 2.71 bits per heavy atom. The van der Waals surface area contributed by atoms with Gasteiger partial charge in [0.05, 0.1) is 5.69 Å². The first kappa shape index (κ1) is 11.5. The summed E-state index contributed by atoms with van der Waals surface area (Å²) in [6, 6.07) is 12.6. The molecule has 0 unspecified atom stereocenters. The summed E-state index contributed by atoms with van der Waals surface area (Å²) < 4.78 is 19.1. The maximum Gasteiger partial charge on any atom is 0.152 e. The van der Waals surface area contributed by atoms with Crippen LogP contribution < -0.4 is 10.5 Å². The molecule has 0 spiro atoms. The van der Waals surface area contributed by atoms with Crippen LogP contribution in [0.25, 0.3) is 0 Å². The van der Waals surface area contributed by atoms with Gasteiger partial charge in [0.2, 0.25) is 0 Å². The van der Waals surface area contributed by atoms with Crippen LogP contribution in [-0.2, 0) is 6.61 Å². The van der Waals surface area contributed by atoms with Gasteiger partial charge in [-0.25, -0.2) is 4.39 Å². The Morgan fingerprint density at radius 2 is 1.94 bits per heavy atom. The molecule has 0 heterocycles. The van der Waals surface area contributed by atoms with E-state index in [2.05, 4.69) is 0 Å². The van der Waals surface area contributed by atoms with E-state index in [0.29, 0.717) is 5.56 Å². The molecule has 0 aromatic heterocycles. The number of hydrogen-bond donors (Lipinski definition) is 1. The number of anilines is 1. The zero-order valence-electron chi connectivity index (χ0n) is 9.61. The lowest BCUT2D eigenvalue weighted by Crippen LogP contribution is -2.01. The molecular formula is C14H14FNO. The highest BCUT2D eigenvalue weighted by molar-refractivity contribution is 5.42. The Balaban J connectivity index is 2.10. The molecule has 0 aliphatic carbocycles. The molecular weight excluding hydrogens is 217 g/mol. The van der Waals surface area contributed by atoms with Crippen molar-refractivity contribution < 1.29 is 9.13 Å². The molecule has 0 aliphatic heterocycles. The molecule has 0 amide bonds. The number of hydrogen-bond acceptors (Lipinski definition) is 2. The van der Waals surface area contributed by atoms with E-state index in [1.807, 2.05) is 31.2 Å². The fourth-order valence-electron chi connectivity index (χ4n) is 1.58. The number of benzene rings is 2. The third-order valence-electron chi connectivity index (χ3n) is 2.49. The van der Waals surface area contributed by atoms with Gasteiger partial charge >= 0.3 is 0 Å². The number of nitrogens with two attached hydrogens (primary N) is 1. The summed E-state index contributed by atoms with van der Waals surface area (Å²) in [4.78, 5) is 0. The minimum absolute atomic E-state index is 0.148. The van der Waals surface area contributed by atoms with Crippen LogP contribution in [-0.4, -0.2) is 0 Å². The van der Waals surface area contributed by atoms with E-state index >= 15 is 0 Å². The van der Waals surface area contributed by atoms with Crippen LogP contribution in [0, 0.1) is 12.7 Å². The molecule has 2 aromatic carbocycles. The quantitative estimate of drug-likeness (QED) is 0.822. The number of ether oxygens (including phenoxy) is 1. The van der Waals surface area contributed by atoms with Gasteiger partial charge < -0.3 is 10.5 Å². The summed E-state index contributed by atoms with van der Waals surface area (Å²) in [5, 5.41) is 0. The molecule has 0 atom stereocenters. The molecule has 88 valence electrons. The predicted molar refractivity (Wildman–Crippen MR) is 66.3 cm³/mol. The maximum atomic E-state index is 13.6. The van der Waals surface area contributed by atoms with Crippen molar-refractivity contribution in [2.45, 2.75) is 13.5 Å². The molecule has 0 fully saturated rings. The minimum atomic E-state index is -0.403. The monoisotopic (exact) mass is 231 g/mol. The van der Waals surface area contributed by atoms with Gasteiger partial charge in [0.1, 0.15) is 12.4 Å². The number of rotatable bonds is 3. The highest BCUT2D eigenvalue weighted by Gasteiger charge is 2.05. The first-order valence-corrected chi connectivity index (χ1v) is 5.39. The van der Waals surface area contributed by atoms with Crippen molar-refractivity contribution in [1.29, 1.82) is 0 Å². The zero-order chi connectivity index (χ0) is 12.3. The van der Waals surface area contributed by atoms with E-state index in [0.717, 1.165) is 11.3 Å². The van der Waals surface area contributed by atoms with Crippen molar-refractivity contribution in [2.24, 2.45) is 0 Å². The van der Waals surface area contributed by atoms with E-state index in [1.165, 1.54) is 6.07 Å². The van der Waals surface area contributed by atoms with Crippen molar-refractivity contribution in [1.82, 2.24) is 0 Å². The largest absolute Gasteiger partial charge is 0.489 e. The van der Waals surface area contributed by atoms with Gasteiger partial charge in [-0.2, -0.15) is 0 Å². The second kappa shape index (κ2) is 4.87. The molecule has 2 aromatic rings. The van der Waals surface area contributed by atoms with E-state index in [9.17, 15) is 4.39 Å². The summed E-state index contributed by atoms with van der Waals surface area (Å²) in [5.41, 5.74) is 7.20. The van der Waals surface area contributed by atoms with Gasteiger partial charge in [-0.15, -0.1) is 0 Å². The van der Waals surface area contributed by atoms with Crippen LogP contribution in [0.5, 0.6) is 5.75 Å². The fourth-order valence-corrected chi connectivity index (χ4v) is 1.58. The highest BCUT2D eigenvalue weighted by atomic mass is 19.1. The summed E-state index contributed by atoms with van der Waals surface area (Å²) >= 11 is 0. The Bertz CT molecular complexity index is 525. The van der Waals surface area contributed by atoms with Crippen LogP contribution >= 0.6 is 0 Å². The Kier molecular flexibility index (Phi) is 3.28. The topological polar surface area (TPSA) is 35.2 Å². The van der Waals surface area contributed by atoms with E-state index in [-0.39, 0.29) is 12.3 Å². The van der Waals surface area contributed by atoms with Gasteiger partial charge in [0.25, 0.3) is 0 Å². The molecule has 0 saturated heterocycles. The van der Waals surface area contributed by atoms with Gasteiger partial charge in [-0.3, -0.25) is 0 Å². The first-order valence-electron chi connectivity index (χ1n) is 5.39. The average Bonchev–Trinajstić information content (AvgIpc) is 2.31. The molecule has 0 radical (unpaired) electrons. The Labute approximate surface area is 99.8 Å². The number of halogens is 1. The smallest absolute Gasteiger partial charge is 0.152 e. The summed E-state index contributed by atoms with van der Waals surface area (Å²) in [7, 11) is 0. The average molecular weight is 231 g/mol. The van der Waals surface area contributed by atoms with E-state index in [4.69, 9.17) is 10.5 Å².